The Morgan fingerprint density at radius 1 is 1.11 bits per heavy atom. The van der Waals surface area contributed by atoms with Crippen LogP contribution in [0.1, 0.15) is 51.4 Å². The molecule has 0 aromatic heterocycles. The summed E-state index contributed by atoms with van der Waals surface area (Å²) in [5.41, 5.74) is 0. The van der Waals surface area contributed by atoms with Crippen LogP contribution < -0.4 is 5.32 Å². The molecular formula is C15H27NO2. The van der Waals surface area contributed by atoms with E-state index in [0.717, 1.165) is 11.8 Å². The molecule has 3 saturated carbocycles. The number of ether oxygens (including phenoxy) is 1. The lowest BCUT2D eigenvalue weighted by Gasteiger charge is -2.24. The predicted octanol–water partition coefficient (Wildman–Crippen LogP) is 2.08. The quantitative estimate of drug-likeness (QED) is 0.761. The summed E-state index contributed by atoms with van der Waals surface area (Å²) >= 11 is 0. The van der Waals surface area contributed by atoms with Crippen LogP contribution in [0.5, 0.6) is 0 Å². The van der Waals surface area contributed by atoms with Gasteiger partial charge in [0, 0.05) is 12.6 Å². The lowest BCUT2D eigenvalue weighted by molar-refractivity contribution is -0.00676. The van der Waals surface area contributed by atoms with Gasteiger partial charge >= 0.3 is 0 Å². The summed E-state index contributed by atoms with van der Waals surface area (Å²) in [6.07, 6.45) is 10.7. The van der Waals surface area contributed by atoms with E-state index in [1.807, 2.05) is 0 Å². The lowest BCUT2D eigenvalue weighted by atomic mass is 9.95. The highest BCUT2D eigenvalue weighted by molar-refractivity contribution is 4.94. The van der Waals surface area contributed by atoms with Gasteiger partial charge in [0.2, 0.25) is 0 Å². The molecule has 4 unspecified atom stereocenters. The van der Waals surface area contributed by atoms with E-state index in [-0.39, 0.29) is 6.10 Å². The number of aliphatic hydroxyl groups is 1. The molecular weight excluding hydrogens is 226 g/mol. The van der Waals surface area contributed by atoms with E-state index >= 15 is 0 Å². The molecule has 3 rings (SSSR count). The van der Waals surface area contributed by atoms with Gasteiger partial charge in [-0.1, -0.05) is 19.3 Å². The van der Waals surface area contributed by atoms with Crippen molar-refractivity contribution < 1.29 is 9.84 Å². The van der Waals surface area contributed by atoms with Crippen LogP contribution in [0.3, 0.4) is 0 Å². The van der Waals surface area contributed by atoms with E-state index in [1.165, 1.54) is 51.4 Å². The first kappa shape index (κ1) is 12.9. The zero-order valence-corrected chi connectivity index (χ0v) is 11.3. The highest BCUT2D eigenvalue weighted by atomic mass is 16.5. The number of aliphatic hydroxyl groups excluding tert-OH is 1. The Bertz CT molecular complexity index is 265. The van der Waals surface area contributed by atoms with Crippen molar-refractivity contribution in [1.82, 2.24) is 5.32 Å². The van der Waals surface area contributed by atoms with Gasteiger partial charge in [0.25, 0.3) is 0 Å². The topological polar surface area (TPSA) is 41.5 Å². The van der Waals surface area contributed by atoms with E-state index in [9.17, 15) is 5.11 Å². The summed E-state index contributed by atoms with van der Waals surface area (Å²) in [5, 5.41) is 13.5. The van der Waals surface area contributed by atoms with Crippen molar-refractivity contribution in [1.29, 1.82) is 0 Å². The number of rotatable bonds is 6. The van der Waals surface area contributed by atoms with Crippen LogP contribution in [0.15, 0.2) is 0 Å². The third-order valence-corrected chi connectivity index (χ3v) is 5.18. The van der Waals surface area contributed by atoms with Crippen molar-refractivity contribution in [3.05, 3.63) is 0 Å². The highest BCUT2D eigenvalue weighted by Gasteiger charge is 2.39. The van der Waals surface area contributed by atoms with E-state index in [1.54, 1.807) is 0 Å². The van der Waals surface area contributed by atoms with Crippen LogP contribution in [0.2, 0.25) is 0 Å². The number of fused-ring (bicyclic) bond motifs is 2. The summed E-state index contributed by atoms with van der Waals surface area (Å²) in [6, 6.07) is 0.671. The molecule has 3 aliphatic rings. The summed E-state index contributed by atoms with van der Waals surface area (Å²) in [5.74, 6) is 1.86. The maximum Gasteiger partial charge on any atom is 0.0897 e. The van der Waals surface area contributed by atoms with Gasteiger partial charge in [0.05, 0.1) is 18.8 Å². The number of hydrogen-bond donors (Lipinski definition) is 2. The first-order valence-electron chi connectivity index (χ1n) is 7.84. The van der Waals surface area contributed by atoms with Crippen LogP contribution in [-0.4, -0.2) is 36.5 Å². The van der Waals surface area contributed by atoms with Gasteiger partial charge in [-0.15, -0.1) is 0 Å². The van der Waals surface area contributed by atoms with Crippen molar-refractivity contribution in [2.75, 3.05) is 13.2 Å². The molecule has 0 saturated heterocycles. The van der Waals surface area contributed by atoms with Crippen molar-refractivity contribution in [3.63, 3.8) is 0 Å². The zero-order valence-electron chi connectivity index (χ0n) is 11.3. The van der Waals surface area contributed by atoms with Crippen molar-refractivity contribution in [3.8, 4) is 0 Å². The molecule has 0 radical (unpaired) electrons. The summed E-state index contributed by atoms with van der Waals surface area (Å²) in [4.78, 5) is 0. The Balaban J connectivity index is 1.30. The van der Waals surface area contributed by atoms with Gasteiger partial charge in [-0.2, -0.15) is 0 Å². The number of hydrogen-bond acceptors (Lipinski definition) is 3. The molecule has 104 valence electrons. The Morgan fingerprint density at radius 3 is 2.61 bits per heavy atom. The Labute approximate surface area is 110 Å². The SMILES string of the molecule is OC(CNC1CC2CCC1C2)COC1CCCC1. The van der Waals surface area contributed by atoms with E-state index in [4.69, 9.17) is 4.74 Å². The minimum atomic E-state index is -0.329. The molecule has 2 bridgehead atoms. The minimum Gasteiger partial charge on any atom is -0.389 e. The Kier molecular flexibility index (Phi) is 4.22. The fourth-order valence-corrected chi connectivity index (χ4v) is 4.14. The molecule has 3 aliphatic carbocycles. The standard InChI is InChI=1S/C15H27NO2/c17-13(10-18-14-3-1-2-4-14)9-16-15-8-11-5-6-12(15)7-11/h11-17H,1-10H2. The largest absolute Gasteiger partial charge is 0.389 e. The second-order valence-corrected chi connectivity index (χ2v) is 6.58. The maximum atomic E-state index is 9.95. The van der Waals surface area contributed by atoms with Crippen molar-refractivity contribution in [2.45, 2.75) is 69.6 Å². The Hall–Kier alpha value is -0.120. The monoisotopic (exact) mass is 253 g/mol. The normalized spacial score (nSPS) is 37.5. The number of nitrogens with one attached hydrogen (secondary N) is 1. The zero-order chi connectivity index (χ0) is 12.4. The summed E-state index contributed by atoms with van der Waals surface area (Å²) < 4.78 is 5.75. The fraction of sp³-hybridized carbons (Fsp3) is 1.00. The van der Waals surface area contributed by atoms with Gasteiger partial charge in [-0.3, -0.25) is 0 Å². The van der Waals surface area contributed by atoms with Crippen LogP contribution in [0.4, 0.5) is 0 Å². The minimum absolute atomic E-state index is 0.329. The van der Waals surface area contributed by atoms with Crippen LogP contribution >= 0.6 is 0 Å². The molecule has 2 N–H and O–H groups in total. The molecule has 0 aromatic rings. The second kappa shape index (κ2) is 5.89. The molecule has 18 heavy (non-hydrogen) atoms. The van der Waals surface area contributed by atoms with Crippen LogP contribution in [0.25, 0.3) is 0 Å². The Morgan fingerprint density at radius 2 is 1.94 bits per heavy atom. The van der Waals surface area contributed by atoms with Crippen molar-refractivity contribution in [2.24, 2.45) is 11.8 Å². The van der Waals surface area contributed by atoms with Gasteiger partial charge in [0.15, 0.2) is 0 Å². The average Bonchev–Trinajstić information content (AvgIpc) is 3.09. The van der Waals surface area contributed by atoms with E-state index in [2.05, 4.69) is 5.32 Å². The highest BCUT2D eigenvalue weighted by Crippen LogP contribution is 2.44. The summed E-state index contributed by atoms with van der Waals surface area (Å²) in [7, 11) is 0. The molecule has 0 aliphatic heterocycles. The second-order valence-electron chi connectivity index (χ2n) is 6.58. The molecule has 4 atom stereocenters. The molecule has 0 amide bonds. The fourth-order valence-electron chi connectivity index (χ4n) is 4.14. The molecule has 3 heteroatoms. The predicted molar refractivity (Wildman–Crippen MR) is 71.5 cm³/mol. The van der Waals surface area contributed by atoms with Gasteiger partial charge in [-0.25, -0.2) is 0 Å². The molecule has 3 fully saturated rings. The van der Waals surface area contributed by atoms with Gasteiger partial charge < -0.3 is 15.2 Å². The summed E-state index contributed by atoms with van der Waals surface area (Å²) in [6.45, 7) is 1.22. The van der Waals surface area contributed by atoms with Gasteiger partial charge in [0.1, 0.15) is 0 Å². The lowest BCUT2D eigenvalue weighted by Crippen LogP contribution is -2.40. The maximum absolute atomic E-state index is 9.95. The van der Waals surface area contributed by atoms with E-state index in [0.29, 0.717) is 25.3 Å². The first-order valence-corrected chi connectivity index (χ1v) is 7.84. The molecule has 3 nitrogen and oxygen atoms in total. The average molecular weight is 253 g/mol. The molecule has 0 aromatic carbocycles. The smallest absolute Gasteiger partial charge is 0.0897 e. The molecule has 0 heterocycles. The van der Waals surface area contributed by atoms with Crippen molar-refractivity contribution >= 4 is 0 Å². The van der Waals surface area contributed by atoms with Crippen LogP contribution in [-0.2, 0) is 4.74 Å². The van der Waals surface area contributed by atoms with Crippen LogP contribution in [0, 0.1) is 11.8 Å². The third-order valence-electron chi connectivity index (χ3n) is 5.18. The van der Waals surface area contributed by atoms with E-state index < -0.39 is 0 Å². The van der Waals surface area contributed by atoms with Gasteiger partial charge in [-0.05, 0) is 43.9 Å². The third kappa shape index (κ3) is 3.06. The molecule has 0 spiro atoms. The first-order chi connectivity index (χ1) is 8.81.